The van der Waals surface area contributed by atoms with Crippen LogP contribution < -0.4 is 0 Å². The number of rotatable bonds is 5. The van der Waals surface area contributed by atoms with Crippen molar-refractivity contribution < 1.29 is 0 Å². The molecule has 0 aromatic carbocycles. The van der Waals surface area contributed by atoms with Crippen LogP contribution in [0, 0.1) is 0 Å². The molecule has 2 aromatic heterocycles. The van der Waals surface area contributed by atoms with Crippen molar-refractivity contribution >= 4 is 11.5 Å². The molecule has 0 spiro atoms. The van der Waals surface area contributed by atoms with Gasteiger partial charge in [-0.1, -0.05) is 13.8 Å². The Bertz CT molecular complexity index is 482. The number of nitrogens with zero attached hydrogens (tertiary/aromatic N) is 5. The molecule has 0 N–H and O–H groups in total. The van der Waals surface area contributed by atoms with Crippen molar-refractivity contribution in [1.82, 2.24) is 24.2 Å². The van der Waals surface area contributed by atoms with Crippen molar-refractivity contribution in [2.75, 3.05) is 7.05 Å². The lowest BCUT2D eigenvalue weighted by atomic mass is 10.2. The molecule has 96 valence electrons. The maximum absolute atomic E-state index is 4.52. The summed E-state index contributed by atoms with van der Waals surface area (Å²) >= 11 is 1.48. The Kier molecular flexibility index (Phi) is 4.33. The van der Waals surface area contributed by atoms with E-state index in [9.17, 15) is 0 Å². The van der Waals surface area contributed by atoms with Gasteiger partial charge in [0.2, 0.25) is 0 Å². The fourth-order valence-electron chi connectivity index (χ4n) is 1.54. The van der Waals surface area contributed by atoms with Gasteiger partial charge in [0.25, 0.3) is 0 Å². The van der Waals surface area contributed by atoms with Gasteiger partial charge in [-0.15, -0.1) is 0 Å². The topological polar surface area (TPSA) is 54.8 Å². The lowest BCUT2D eigenvalue weighted by Gasteiger charge is -2.13. The minimum atomic E-state index is 0.389. The van der Waals surface area contributed by atoms with E-state index in [4.69, 9.17) is 0 Å². The van der Waals surface area contributed by atoms with Crippen LogP contribution >= 0.6 is 11.5 Å². The van der Waals surface area contributed by atoms with E-state index in [1.165, 1.54) is 11.5 Å². The van der Waals surface area contributed by atoms with Crippen LogP contribution in [0.25, 0.3) is 0 Å². The first kappa shape index (κ1) is 13.0. The summed E-state index contributed by atoms with van der Waals surface area (Å²) in [5.41, 5.74) is 0.966. The third-order valence-corrected chi connectivity index (χ3v) is 3.16. The number of hydrogen-bond acceptors (Lipinski definition) is 6. The summed E-state index contributed by atoms with van der Waals surface area (Å²) in [7, 11) is 2.05. The highest BCUT2D eigenvalue weighted by Gasteiger charge is 2.10. The van der Waals surface area contributed by atoms with Gasteiger partial charge in [-0.25, -0.2) is 4.98 Å². The Morgan fingerprint density at radius 1 is 1.28 bits per heavy atom. The Morgan fingerprint density at radius 2 is 2.11 bits per heavy atom. The Morgan fingerprint density at radius 3 is 2.72 bits per heavy atom. The van der Waals surface area contributed by atoms with Crippen LogP contribution in [-0.4, -0.2) is 31.3 Å². The molecule has 18 heavy (non-hydrogen) atoms. The second kappa shape index (κ2) is 5.97. The third-order valence-electron chi connectivity index (χ3n) is 2.45. The van der Waals surface area contributed by atoms with Gasteiger partial charge in [-0.05, 0) is 18.6 Å². The minimum Gasteiger partial charge on any atom is -0.294 e. The van der Waals surface area contributed by atoms with Crippen LogP contribution in [0.1, 0.15) is 36.3 Å². The summed E-state index contributed by atoms with van der Waals surface area (Å²) in [6.45, 7) is 5.77. The molecule has 2 heterocycles. The summed E-state index contributed by atoms with van der Waals surface area (Å²) in [6, 6.07) is 0. The smallest absolute Gasteiger partial charge is 0.145 e. The van der Waals surface area contributed by atoms with Gasteiger partial charge in [-0.2, -0.15) is 4.37 Å². The summed E-state index contributed by atoms with van der Waals surface area (Å²) < 4.78 is 4.35. The molecule has 0 atom stereocenters. The molecule has 2 rings (SSSR count). The molecule has 0 aliphatic heterocycles. The van der Waals surface area contributed by atoms with E-state index in [-0.39, 0.29) is 0 Å². The zero-order valence-corrected chi connectivity index (χ0v) is 11.7. The first-order valence-corrected chi connectivity index (χ1v) is 6.68. The molecule has 5 nitrogen and oxygen atoms in total. The van der Waals surface area contributed by atoms with E-state index < -0.39 is 0 Å². The Balaban J connectivity index is 1.92. The Labute approximate surface area is 111 Å². The van der Waals surface area contributed by atoms with Crippen LogP contribution in [0.5, 0.6) is 0 Å². The first-order valence-electron chi connectivity index (χ1n) is 5.91. The molecule has 0 aliphatic carbocycles. The second-order valence-corrected chi connectivity index (χ2v) is 5.41. The van der Waals surface area contributed by atoms with E-state index >= 15 is 0 Å². The van der Waals surface area contributed by atoms with Crippen LogP contribution in [0.3, 0.4) is 0 Å². The first-order chi connectivity index (χ1) is 8.65. The molecule has 0 unspecified atom stereocenters. The van der Waals surface area contributed by atoms with E-state index in [0.29, 0.717) is 5.92 Å². The van der Waals surface area contributed by atoms with Crippen molar-refractivity contribution in [2.24, 2.45) is 0 Å². The molecule has 0 amide bonds. The maximum Gasteiger partial charge on any atom is 0.145 e. The second-order valence-electron chi connectivity index (χ2n) is 4.57. The van der Waals surface area contributed by atoms with Gasteiger partial charge in [0.15, 0.2) is 0 Å². The van der Waals surface area contributed by atoms with E-state index in [0.717, 1.165) is 29.6 Å². The molecule has 0 saturated carbocycles. The van der Waals surface area contributed by atoms with E-state index in [1.807, 2.05) is 7.05 Å². The third kappa shape index (κ3) is 3.54. The molecule has 6 heteroatoms. The molecule has 0 radical (unpaired) electrons. The molecular weight excluding hydrogens is 246 g/mol. The monoisotopic (exact) mass is 263 g/mol. The van der Waals surface area contributed by atoms with Gasteiger partial charge in [-0.3, -0.25) is 14.9 Å². The normalized spacial score (nSPS) is 11.4. The predicted octanol–water partition coefficient (Wildman–Crippen LogP) is 2.08. The summed E-state index contributed by atoms with van der Waals surface area (Å²) in [5, 5.41) is 1.05. The SMILES string of the molecule is CC(C)c1nsc(CN(C)Cc2cnccn2)n1. The highest BCUT2D eigenvalue weighted by molar-refractivity contribution is 7.05. The lowest BCUT2D eigenvalue weighted by molar-refractivity contribution is 0.314. The fourth-order valence-corrected chi connectivity index (χ4v) is 2.40. The largest absolute Gasteiger partial charge is 0.294 e. The summed E-state index contributed by atoms with van der Waals surface area (Å²) in [6.07, 6.45) is 5.18. The van der Waals surface area contributed by atoms with E-state index in [2.05, 4.69) is 38.1 Å². The van der Waals surface area contributed by atoms with Gasteiger partial charge in [0.1, 0.15) is 10.8 Å². The molecule has 0 aliphatic rings. The van der Waals surface area contributed by atoms with Gasteiger partial charge >= 0.3 is 0 Å². The van der Waals surface area contributed by atoms with Crippen molar-refractivity contribution in [3.8, 4) is 0 Å². The van der Waals surface area contributed by atoms with Gasteiger partial charge < -0.3 is 0 Å². The molecule has 0 fully saturated rings. The van der Waals surface area contributed by atoms with Gasteiger partial charge in [0.05, 0.1) is 12.2 Å². The van der Waals surface area contributed by atoms with Crippen molar-refractivity contribution in [1.29, 1.82) is 0 Å². The van der Waals surface area contributed by atoms with Gasteiger partial charge in [0, 0.05) is 31.1 Å². The van der Waals surface area contributed by atoms with E-state index in [1.54, 1.807) is 18.6 Å². The highest BCUT2D eigenvalue weighted by atomic mass is 32.1. The fraction of sp³-hybridized carbons (Fsp3) is 0.500. The molecular formula is C12H17N5S. The molecule has 0 bridgehead atoms. The molecule has 2 aromatic rings. The highest BCUT2D eigenvalue weighted by Crippen LogP contribution is 2.15. The molecule has 0 saturated heterocycles. The van der Waals surface area contributed by atoms with Crippen LogP contribution in [0.4, 0.5) is 0 Å². The van der Waals surface area contributed by atoms with Crippen LogP contribution in [-0.2, 0) is 13.1 Å². The van der Waals surface area contributed by atoms with Crippen molar-refractivity contribution in [2.45, 2.75) is 32.9 Å². The van der Waals surface area contributed by atoms with Crippen molar-refractivity contribution in [3.05, 3.63) is 35.1 Å². The standard InChI is InChI=1S/C12H17N5S/c1-9(2)12-15-11(18-16-12)8-17(3)7-10-6-13-4-5-14-10/h4-6,9H,7-8H2,1-3H3. The number of aromatic nitrogens is 4. The predicted molar refractivity (Wildman–Crippen MR) is 71.2 cm³/mol. The average molecular weight is 263 g/mol. The summed E-state index contributed by atoms with van der Waals surface area (Å²) in [5.74, 6) is 1.32. The maximum atomic E-state index is 4.52. The van der Waals surface area contributed by atoms with Crippen molar-refractivity contribution in [3.63, 3.8) is 0 Å². The summed E-state index contributed by atoms with van der Waals surface area (Å²) in [4.78, 5) is 15.0. The zero-order valence-electron chi connectivity index (χ0n) is 10.9. The quantitative estimate of drug-likeness (QED) is 0.826. The Hall–Kier alpha value is -1.40. The average Bonchev–Trinajstić information content (AvgIpc) is 2.78. The van der Waals surface area contributed by atoms with Crippen LogP contribution in [0.15, 0.2) is 18.6 Å². The zero-order chi connectivity index (χ0) is 13.0. The van der Waals surface area contributed by atoms with Crippen LogP contribution in [0.2, 0.25) is 0 Å². The minimum absolute atomic E-state index is 0.389. The number of hydrogen-bond donors (Lipinski definition) is 0. The lowest BCUT2D eigenvalue weighted by Crippen LogP contribution is -2.18.